The predicted molar refractivity (Wildman–Crippen MR) is 72.0 cm³/mol. The zero-order chi connectivity index (χ0) is 15.6. The normalized spacial score (nSPS) is 13.6. The Balaban J connectivity index is 2.39. The van der Waals surface area contributed by atoms with Crippen LogP contribution in [0.15, 0.2) is 5.38 Å². The summed E-state index contributed by atoms with van der Waals surface area (Å²) in [6.45, 7) is 4.98. The Kier molecular flexibility index (Phi) is 4.62. The van der Waals surface area contributed by atoms with E-state index in [-0.39, 0.29) is 18.3 Å². The minimum atomic E-state index is -4.40. The van der Waals surface area contributed by atoms with E-state index in [9.17, 15) is 13.2 Å². The highest BCUT2D eigenvalue weighted by Crippen LogP contribution is 2.31. The van der Waals surface area contributed by atoms with Crippen LogP contribution in [0.1, 0.15) is 31.4 Å². The number of rotatable bonds is 5. The lowest BCUT2D eigenvalue weighted by Gasteiger charge is -2.17. The van der Waals surface area contributed by atoms with Gasteiger partial charge in [0, 0.05) is 17.7 Å². The van der Waals surface area contributed by atoms with Crippen LogP contribution < -0.4 is 0 Å². The maximum absolute atomic E-state index is 12.9. The summed E-state index contributed by atoms with van der Waals surface area (Å²) >= 11 is 1.30. The number of aromatic nitrogens is 4. The second-order valence-corrected chi connectivity index (χ2v) is 5.30. The second-order valence-electron chi connectivity index (χ2n) is 4.44. The third-order valence-corrected chi connectivity index (χ3v) is 3.74. The quantitative estimate of drug-likeness (QED) is 0.847. The molecule has 2 aromatic rings. The molecule has 0 aromatic carbocycles. The maximum Gasteiger partial charge on any atom is 0.410 e. The molecule has 2 heterocycles. The molecular weight excluding hydrogens is 305 g/mol. The van der Waals surface area contributed by atoms with Crippen LogP contribution >= 0.6 is 11.3 Å². The van der Waals surface area contributed by atoms with Crippen molar-refractivity contribution in [2.75, 3.05) is 6.61 Å². The van der Waals surface area contributed by atoms with Gasteiger partial charge in [0.2, 0.25) is 5.82 Å². The van der Waals surface area contributed by atoms with Crippen molar-refractivity contribution < 1.29 is 17.9 Å². The number of thiazole rings is 1. The molecule has 0 saturated heterocycles. The predicted octanol–water partition coefficient (Wildman–Crippen LogP) is 3.37. The first-order chi connectivity index (χ1) is 9.82. The van der Waals surface area contributed by atoms with Crippen LogP contribution in [-0.4, -0.2) is 32.5 Å². The molecule has 0 bridgehead atoms. The lowest BCUT2D eigenvalue weighted by molar-refractivity contribution is -0.166. The van der Waals surface area contributed by atoms with E-state index in [0.717, 1.165) is 17.3 Å². The molecule has 0 radical (unpaired) electrons. The van der Waals surface area contributed by atoms with Crippen LogP contribution in [-0.2, 0) is 11.3 Å². The van der Waals surface area contributed by atoms with Crippen LogP contribution in [0, 0.1) is 6.92 Å². The molecule has 0 aliphatic rings. The fourth-order valence-corrected chi connectivity index (χ4v) is 2.37. The lowest BCUT2D eigenvalue weighted by Crippen LogP contribution is -2.26. The number of aryl methyl sites for hydroxylation is 1. The molecule has 9 heteroatoms. The fourth-order valence-electron chi connectivity index (χ4n) is 1.64. The van der Waals surface area contributed by atoms with Gasteiger partial charge in [0.25, 0.3) is 0 Å². The lowest BCUT2D eigenvalue weighted by atomic mass is 10.3. The number of hydrogen-bond acceptors (Lipinski definition) is 5. The Labute approximate surface area is 123 Å². The molecule has 1 unspecified atom stereocenters. The summed E-state index contributed by atoms with van der Waals surface area (Å²) in [5, 5.41) is 6.26. The molecule has 0 N–H and O–H groups in total. The zero-order valence-corrected chi connectivity index (χ0v) is 12.6. The minimum absolute atomic E-state index is 0.0196. The Morgan fingerprint density at radius 1 is 1.38 bits per heavy atom. The van der Waals surface area contributed by atoms with Gasteiger partial charge in [-0.15, -0.1) is 16.4 Å². The summed E-state index contributed by atoms with van der Waals surface area (Å²) < 4.78 is 44.8. The van der Waals surface area contributed by atoms with Crippen molar-refractivity contribution in [3.8, 4) is 10.8 Å². The number of hydrogen-bond donors (Lipinski definition) is 0. The molecule has 1 atom stereocenters. The van der Waals surface area contributed by atoms with Gasteiger partial charge in [-0.25, -0.2) is 14.6 Å². The van der Waals surface area contributed by atoms with Crippen molar-refractivity contribution in [1.82, 2.24) is 19.7 Å². The largest absolute Gasteiger partial charge is 0.410 e. The first-order valence-corrected chi connectivity index (χ1v) is 7.23. The molecule has 21 heavy (non-hydrogen) atoms. The van der Waals surface area contributed by atoms with E-state index in [4.69, 9.17) is 4.74 Å². The highest BCUT2D eigenvalue weighted by atomic mass is 32.1. The number of halogens is 3. The smallest absolute Gasteiger partial charge is 0.374 e. The van der Waals surface area contributed by atoms with Crippen LogP contribution in [0.4, 0.5) is 13.2 Å². The minimum Gasteiger partial charge on any atom is -0.374 e. The monoisotopic (exact) mass is 320 g/mol. The number of nitrogens with zero attached hydrogens (tertiary/aromatic N) is 4. The van der Waals surface area contributed by atoms with Gasteiger partial charge < -0.3 is 4.74 Å². The van der Waals surface area contributed by atoms with Gasteiger partial charge in [-0.2, -0.15) is 13.2 Å². The third-order valence-electron chi connectivity index (χ3n) is 2.79. The van der Waals surface area contributed by atoms with Gasteiger partial charge in [-0.1, -0.05) is 0 Å². The van der Waals surface area contributed by atoms with Gasteiger partial charge in [-0.3, -0.25) is 0 Å². The summed E-state index contributed by atoms with van der Waals surface area (Å²) in [7, 11) is 0. The highest BCUT2D eigenvalue weighted by Gasteiger charge is 2.39. The van der Waals surface area contributed by atoms with Gasteiger partial charge in [-0.05, 0) is 20.8 Å². The Bertz CT molecular complexity index is 608. The van der Waals surface area contributed by atoms with Crippen LogP contribution in [0.5, 0.6) is 0 Å². The Morgan fingerprint density at radius 2 is 2.10 bits per heavy atom. The molecule has 0 aliphatic heterocycles. The van der Waals surface area contributed by atoms with Crippen LogP contribution in [0.25, 0.3) is 10.8 Å². The van der Waals surface area contributed by atoms with Crippen LogP contribution in [0.2, 0.25) is 0 Å². The SMILES string of the molecule is CCOCc1nc(-c2nc(C)cs2)nn1C(C)C(F)(F)F. The van der Waals surface area contributed by atoms with Gasteiger partial charge in [0.15, 0.2) is 10.8 Å². The maximum atomic E-state index is 12.9. The molecule has 0 amide bonds. The Morgan fingerprint density at radius 3 is 2.62 bits per heavy atom. The molecule has 0 saturated carbocycles. The summed E-state index contributed by atoms with van der Waals surface area (Å²) in [5.41, 5.74) is 0.779. The van der Waals surface area contributed by atoms with Crippen molar-refractivity contribution in [2.24, 2.45) is 0 Å². The standard InChI is InChI=1S/C12H15F3N4OS/c1-4-20-5-9-17-10(11-16-7(2)6-21-11)18-19(9)8(3)12(13,14)15/h6,8H,4-5H2,1-3H3. The second kappa shape index (κ2) is 6.10. The molecule has 5 nitrogen and oxygen atoms in total. The van der Waals surface area contributed by atoms with Crippen LogP contribution in [0.3, 0.4) is 0 Å². The molecule has 2 aromatic heterocycles. The molecule has 0 fully saturated rings. The topological polar surface area (TPSA) is 52.8 Å². The molecule has 0 aliphatic carbocycles. The summed E-state index contributed by atoms with van der Waals surface area (Å²) in [6, 6.07) is -1.77. The third kappa shape index (κ3) is 3.59. The first-order valence-electron chi connectivity index (χ1n) is 6.35. The van der Waals surface area contributed by atoms with Gasteiger partial charge in [0.05, 0.1) is 0 Å². The van der Waals surface area contributed by atoms with Crippen molar-refractivity contribution >= 4 is 11.3 Å². The number of ether oxygens (including phenoxy) is 1. The van der Waals surface area contributed by atoms with Gasteiger partial charge in [0.1, 0.15) is 12.6 Å². The van der Waals surface area contributed by atoms with Crippen molar-refractivity contribution in [3.05, 3.63) is 16.9 Å². The average molecular weight is 320 g/mol. The van der Waals surface area contributed by atoms with E-state index in [1.807, 2.05) is 0 Å². The highest BCUT2D eigenvalue weighted by molar-refractivity contribution is 7.13. The molecule has 116 valence electrons. The fraction of sp³-hybridized carbons (Fsp3) is 0.583. The average Bonchev–Trinajstić information content (AvgIpc) is 3.00. The van der Waals surface area contributed by atoms with E-state index in [1.165, 1.54) is 11.3 Å². The van der Waals surface area contributed by atoms with E-state index in [2.05, 4.69) is 15.1 Å². The molecular formula is C12H15F3N4OS. The zero-order valence-electron chi connectivity index (χ0n) is 11.8. The van der Waals surface area contributed by atoms with E-state index < -0.39 is 12.2 Å². The van der Waals surface area contributed by atoms with Gasteiger partial charge >= 0.3 is 6.18 Å². The van der Waals surface area contributed by atoms with E-state index in [0.29, 0.717) is 11.6 Å². The summed E-state index contributed by atoms with van der Waals surface area (Å²) in [4.78, 5) is 8.34. The van der Waals surface area contributed by atoms with Crippen molar-refractivity contribution in [1.29, 1.82) is 0 Å². The van der Waals surface area contributed by atoms with E-state index >= 15 is 0 Å². The van der Waals surface area contributed by atoms with Crippen molar-refractivity contribution in [3.63, 3.8) is 0 Å². The van der Waals surface area contributed by atoms with E-state index in [1.54, 1.807) is 19.2 Å². The molecule has 2 rings (SSSR count). The van der Waals surface area contributed by atoms with Crippen molar-refractivity contribution in [2.45, 2.75) is 39.6 Å². The Hall–Kier alpha value is -1.48. The first kappa shape index (κ1) is 15.9. The summed E-state index contributed by atoms with van der Waals surface area (Å²) in [5.74, 6) is 0.337. The molecule has 0 spiro atoms. The number of alkyl halides is 3. The summed E-state index contributed by atoms with van der Waals surface area (Å²) in [6.07, 6.45) is -4.40.